The van der Waals surface area contributed by atoms with E-state index in [1.165, 1.54) is 69.9 Å². The van der Waals surface area contributed by atoms with Crippen LogP contribution < -0.4 is 15.9 Å². The molecule has 2 heterocycles. The molecule has 0 spiro atoms. The Morgan fingerprint density at radius 3 is 2.41 bits per heavy atom. The summed E-state index contributed by atoms with van der Waals surface area (Å²) in [5, 5.41) is 6.60. The van der Waals surface area contributed by atoms with E-state index < -0.39 is 0 Å². The molecule has 2 atom stereocenters. The fraction of sp³-hybridized carbons (Fsp3) is 0.395. The van der Waals surface area contributed by atoms with E-state index in [9.17, 15) is 0 Å². The first-order valence-corrected chi connectivity index (χ1v) is 15.9. The molecule has 0 amide bonds. The van der Waals surface area contributed by atoms with Gasteiger partial charge in [0.2, 0.25) is 0 Å². The van der Waals surface area contributed by atoms with E-state index in [0.29, 0.717) is 11.8 Å². The van der Waals surface area contributed by atoms with Gasteiger partial charge in [-0.2, -0.15) is 0 Å². The fourth-order valence-corrected chi connectivity index (χ4v) is 7.38. The van der Waals surface area contributed by atoms with Crippen LogP contribution in [0.1, 0.15) is 104 Å². The van der Waals surface area contributed by atoms with Crippen molar-refractivity contribution < 1.29 is 0 Å². The summed E-state index contributed by atoms with van der Waals surface area (Å²) in [6.45, 7) is 11.3. The lowest BCUT2D eigenvalue weighted by Gasteiger charge is -2.30. The molecule has 3 heteroatoms. The average Bonchev–Trinajstić information content (AvgIpc) is 3.64. The van der Waals surface area contributed by atoms with Crippen molar-refractivity contribution in [1.29, 1.82) is 0 Å². The molecule has 1 saturated carbocycles. The highest BCUT2D eigenvalue weighted by atomic mass is 15.0. The molecule has 1 N–H and O–H groups in total. The summed E-state index contributed by atoms with van der Waals surface area (Å²) in [6, 6.07) is 22.8. The molecule has 0 saturated heterocycles. The predicted octanol–water partition coefficient (Wildman–Crippen LogP) is 7.68. The Morgan fingerprint density at radius 2 is 1.71 bits per heavy atom. The second-order valence-electron chi connectivity index (χ2n) is 12.1. The molecule has 1 fully saturated rings. The Morgan fingerprint density at radius 1 is 0.976 bits per heavy atom. The number of hydrogen-bond donors (Lipinski definition) is 1. The number of fused-ring (bicyclic) bond motifs is 3. The zero-order chi connectivity index (χ0) is 28.3. The lowest BCUT2D eigenvalue weighted by atomic mass is 9.82. The van der Waals surface area contributed by atoms with Crippen LogP contribution in [0.5, 0.6) is 0 Å². The molecule has 0 bridgehead atoms. The van der Waals surface area contributed by atoms with Gasteiger partial charge in [-0.25, -0.2) is 4.98 Å². The lowest BCUT2D eigenvalue weighted by Crippen LogP contribution is -2.30. The summed E-state index contributed by atoms with van der Waals surface area (Å²) in [6.07, 6.45) is 15.2. The monoisotopic (exact) mass is 543 g/mol. The molecule has 41 heavy (non-hydrogen) atoms. The molecule has 2 aliphatic carbocycles. The van der Waals surface area contributed by atoms with E-state index >= 15 is 0 Å². The van der Waals surface area contributed by atoms with Crippen LogP contribution in [0.15, 0.2) is 72.9 Å². The van der Waals surface area contributed by atoms with Crippen LogP contribution in [0.3, 0.4) is 0 Å². The van der Waals surface area contributed by atoms with Crippen LogP contribution in [0.2, 0.25) is 0 Å². The summed E-state index contributed by atoms with van der Waals surface area (Å²) < 4.78 is 2.42. The topological polar surface area (TPSA) is 29.3 Å². The van der Waals surface area contributed by atoms with Crippen molar-refractivity contribution in [2.45, 2.75) is 90.5 Å². The Kier molecular flexibility index (Phi) is 8.14. The Hall–Kier alpha value is -3.59. The van der Waals surface area contributed by atoms with Crippen molar-refractivity contribution in [3.8, 4) is 0 Å². The van der Waals surface area contributed by atoms with Gasteiger partial charge in [0.15, 0.2) is 0 Å². The smallest absolute Gasteiger partial charge is 0.141 e. The number of rotatable bonds is 10. The fourth-order valence-electron chi connectivity index (χ4n) is 7.38. The zero-order valence-electron chi connectivity index (χ0n) is 25.1. The van der Waals surface area contributed by atoms with E-state index in [4.69, 9.17) is 4.98 Å². The van der Waals surface area contributed by atoms with Gasteiger partial charge < -0.3 is 5.32 Å². The minimum absolute atomic E-state index is 0.290. The molecular weight excluding hydrogens is 498 g/mol. The number of aromatic nitrogens is 2. The summed E-state index contributed by atoms with van der Waals surface area (Å²) in [5.74, 6) is 0.994. The largest absolute Gasteiger partial charge is 0.382 e. The molecule has 2 aliphatic rings. The highest BCUT2D eigenvalue weighted by Crippen LogP contribution is 2.41. The van der Waals surface area contributed by atoms with Gasteiger partial charge in [-0.1, -0.05) is 100 Å². The van der Waals surface area contributed by atoms with E-state index in [1.807, 2.05) is 0 Å². The minimum Gasteiger partial charge on any atom is -0.382 e. The first-order chi connectivity index (χ1) is 20.1. The van der Waals surface area contributed by atoms with E-state index in [1.54, 1.807) is 0 Å². The zero-order valence-corrected chi connectivity index (χ0v) is 25.1. The van der Waals surface area contributed by atoms with Crippen LogP contribution in [0, 0.1) is 12.8 Å². The van der Waals surface area contributed by atoms with Gasteiger partial charge in [0.05, 0.1) is 11.4 Å². The Labute approximate surface area is 245 Å². The van der Waals surface area contributed by atoms with Gasteiger partial charge in [0, 0.05) is 40.2 Å². The van der Waals surface area contributed by atoms with E-state index in [-0.39, 0.29) is 6.04 Å². The number of allylic oxidation sites excluding steroid dienone is 1. The van der Waals surface area contributed by atoms with Gasteiger partial charge in [-0.05, 0) is 74.1 Å². The lowest BCUT2D eigenvalue weighted by molar-refractivity contribution is 0.437. The van der Waals surface area contributed by atoms with Crippen molar-refractivity contribution in [3.05, 3.63) is 117 Å². The highest BCUT2D eigenvalue weighted by Gasteiger charge is 2.29. The van der Waals surface area contributed by atoms with E-state index in [2.05, 4.69) is 110 Å². The van der Waals surface area contributed by atoms with Gasteiger partial charge in [0.25, 0.3) is 0 Å². The summed E-state index contributed by atoms with van der Waals surface area (Å²) in [4.78, 5) is 5.07. The second-order valence-corrected chi connectivity index (χ2v) is 12.1. The standard InChI is InChI=1S/C38H45N3/c1-5-32-24-26(3)39-38-34(33-18-12-13-19-36(33)41(32)38)25-28-20-22-31(23-21-28)37(30-16-10-11-17-30)27(4)40-35(6-2)29-14-8-7-9-15-29/h7-9,14-15,18-24,30,35,37,40H,4-6,10-13,16-17,25H2,1-3H3/t35-,37?/m0/s1. The van der Waals surface area contributed by atoms with Crippen molar-refractivity contribution in [3.63, 3.8) is 0 Å². The molecule has 1 unspecified atom stereocenters. The maximum absolute atomic E-state index is 5.07. The van der Waals surface area contributed by atoms with Gasteiger partial charge >= 0.3 is 0 Å². The number of nitrogens with zero attached hydrogens (tertiary/aromatic N) is 2. The molecule has 212 valence electrons. The average molecular weight is 544 g/mol. The summed E-state index contributed by atoms with van der Waals surface area (Å²) in [7, 11) is 0. The number of benzene rings is 2. The third-order valence-corrected chi connectivity index (χ3v) is 9.42. The van der Waals surface area contributed by atoms with E-state index in [0.717, 1.165) is 43.4 Å². The predicted molar refractivity (Wildman–Crippen MR) is 172 cm³/mol. The van der Waals surface area contributed by atoms with Crippen LogP contribution in [-0.2, 0) is 12.8 Å². The molecule has 4 aromatic rings. The van der Waals surface area contributed by atoms with Crippen molar-refractivity contribution in [2.75, 3.05) is 0 Å². The van der Waals surface area contributed by atoms with Gasteiger partial charge in [-0.3, -0.25) is 4.40 Å². The second kappa shape index (κ2) is 12.1. The van der Waals surface area contributed by atoms with Crippen LogP contribution in [0.4, 0.5) is 0 Å². The Bertz CT molecular complexity index is 1640. The molecule has 2 aromatic heterocycles. The molecule has 2 aromatic carbocycles. The van der Waals surface area contributed by atoms with Crippen LogP contribution in [0.25, 0.3) is 17.8 Å². The highest BCUT2D eigenvalue weighted by molar-refractivity contribution is 5.58. The van der Waals surface area contributed by atoms with Crippen LogP contribution in [-0.4, -0.2) is 9.38 Å². The Balaban J connectivity index is 1.31. The third kappa shape index (κ3) is 5.52. The first-order valence-electron chi connectivity index (χ1n) is 15.9. The SMILES string of the molecule is C=C(N[C@@H](CC)c1ccccc1)C(c1ccc(Cc2c3c(n4c(CC)cc(C)nc24)=CCCC=3)cc1)C1CCCC1. The van der Waals surface area contributed by atoms with Gasteiger partial charge in [-0.15, -0.1) is 0 Å². The number of hydrogen-bond acceptors (Lipinski definition) is 2. The molecule has 3 nitrogen and oxygen atoms in total. The number of nitrogens with one attached hydrogen (secondary N) is 1. The number of aryl methyl sites for hydroxylation is 2. The van der Waals surface area contributed by atoms with Crippen LogP contribution >= 0.6 is 0 Å². The minimum atomic E-state index is 0.290. The molecule has 0 aliphatic heterocycles. The first kappa shape index (κ1) is 27.6. The van der Waals surface area contributed by atoms with Crippen molar-refractivity contribution in [2.24, 2.45) is 5.92 Å². The summed E-state index contributed by atoms with van der Waals surface area (Å²) >= 11 is 0. The molecular formula is C38H45N3. The third-order valence-electron chi connectivity index (χ3n) is 9.42. The van der Waals surface area contributed by atoms with Crippen molar-refractivity contribution in [1.82, 2.24) is 14.7 Å². The summed E-state index contributed by atoms with van der Waals surface area (Å²) in [5.41, 5.74) is 10.2. The normalized spacial score (nSPS) is 16.6. The molecule has 6 rings (SSSR count). The van der Waals surface area contributed by atoms with Gasteiger partial charge in [0.1, 0.15) is 5.65 Å². The molecule has 0 radical (unpaired) electrons. The maximum Gasteiger partial charge on any atom is 0.141 e. The van der Waals surface area contributed by atoms with Crippen molar-refractivity contribution >= 4 is 17.8 Å². The maximum atomic E-state index is 5.07. The quantitative estimate of drug-likeness (QED) is 0.222.